The highest BCUT2D eigenvalue weighted by molar-refractivity contribution is 5.96. The second-order valence-electron chi connectivity index (χ2n) is 2.66. The molecule has 0 aliphatic carbocycles. The first-order valence-corrected chi connectivity index (χ1v) is 3.99. The number of rotatable bonds is 2. The van der Waals surface area contributed by atoms with Crippen molar-refractivity contribution in [2.45, 2.75) is 0 Å². The van der Waals surface area contributed by atoms with Crippen molar-refractivity contribution in [2.75, 3.05) is 7.11 Å². The van der Waals surface area contributed by atoms with Crippen LogP contribution in [0.25, 0.3) is 0 Å². The Balaban J connectivity index is 3.08. The summed E-state index contributed by atoms with van der Waals surface area (Å²) in [4.78, 5) is 22.0. The standard InChI is InChI=1S/C9H9FN2O3/c1-15-9(14)6-3-2-5(4-7(6)10)8(13)12-11/h2-4H,11H2,1H3,(H,12,13). The van der Waals surface area contributed by atoms with Gasteiger partial charge >= 0.3 is 5.97 Å². The molecule has 1 amide bonds. The van der Waals surface area contributed by atoms with E-state index in [0.717, 1.165) is 19.2 Å². The van der Waals surface area contributed by atoms with E-state index >= 15 is 0 Å². The van der Waals surface area contributed by atoms with Gasteiger partial charge in [0.05, 0.1) is 12.7 Å². The van der Waals surface area contributed by atoms with Crippen LogP contribution in [0.1, 0.15) is 20.7 Å². The fraction of sp³-hybridized carbons (Fsp3) is 0.111. The molecule has 6 heteroatoms. The number of esters is 1. The summed E-state index contributed by atoms with van der Waals surface area (Å²) in [7, 11) is 1.14. The normalized spacial score (nSPS) is 9.53. The molecule has 0 aliphatic heterocycles. The highest BCUT2D eigenvalue weighted by atomic mass is 19.1. The molecule has 1 rings (SSSR count). The number of halogens is 1. The Hall–Kier alpha value is -1.95. The van der Waals surface area contributed by atoms with Crippen molar-refractivity contribution < 1.29 is 18.7 Å². The quantitative estimate of drug-likeness (QED) is 0.318. The summed E-state index contributed by atoms with van der Waals surface area (Å²) >= 11 is 0. The van der Waals surface area contributed by atoms with Crippen LogP contribution in [0.5, 0.6) is 0 Å². The number of ether oxygens (including phenoxy) is 1. The summed E-state index contributed by atoms with van der Waals surface area (Å²) < 4.78 is 17.6. The third kappa shape index (κ3) is 2.29. The Morgan fingerprint density at radius 1 is 1.47 bits per heavy atom. The zero-order valence-corrected chi connectivity index (χ0v) is 7.91. The number of nitrogen functional groups attached to an aromatic ring is 1. The van der Waals surface area contributed by atoms with Crippen LogP contribution >= 0.6 is 0 Å². The molecule has 0 fully saturated rings. The van der Waals surface area contributed by atoms with Gasteiger partial charge in [-0.15, -0.1) is 0 Å². The predicted molar refractivity (Wildman–Crippen MR) is 49.4 cm³/mol. The third-order valence-electron chi connectivity index (χ3n) is 1.77. The van der Waals surface area contributed by atoms with Gasteiger partial charge in [0.15, 0.2) is 0 Å². The van der Waals surface area contributed by atoms with Gasteiger partial charge in [-0.1, -0.05) is 0 Å². The van der Waals surface area contributed by atoms with Crippen molar-refractivity contribution in [3.8, 4) is 0 Å². The average molecular weight is 212 g/mol. The van der Waals surface area contributed by atoms with Crippen molar-refractivity contribution in [1.29, 1.82) is 0 Å². The Kier molecular flexibility index (Phi) is 3.35. The Labute approximate surface area is 85.0 Å². The zero-order valence-electron chi connectivity index (χ0n) is 7.91. The van der Waals surface area contributed by atoms with E-state index in [2.05, 4.69) is 4.74 Å². The van der Waals surface area contributed by atoms with Gasteiger partial charge in [0.25, 0.3) is 5.91 Å². The fourth-order valence-electron chi connectivity index (χ4n) is 1.02. The highest BCUT2D eigenvalue weighted by Crippen LogP contribution is 2.11. The first-order valence-electron chi connectivity index (χ1n) is 3.99. The van der Waals surface area contributed by atoms with Gasteiger partial charge < -0.3 is 4.74 Å². The molecule has 0 heterocycles. The molecule has 0 radical (unpaired) electrons. The van der Waals surface area contributed by atoms with Gasteiger partial charge in [0.2, 0.25) is 0 Å². The monoisotopic (exact) mass is 212 g/mol. The van der Waals surface area contributed by atoms with Gasteiger partial charge in [-0.05, 0) is 18.2 Å². The minimum atomic E-state index is -0.831. The molecule has 1 aromatic rings. The molecule has 1 aromatic carbocycles. The van der Waals surface area contributed by atoms with E-state index in [4.69, 9.17) is 5.84 Å². The van der Waals surface area contributed by atoms with Gasteiger partial charge in [-0.25, -0.2) is 15.0 Å². The second-order valence-corrected chi connectivity index (χ2v) is 2.66. The number of nitrogens with two attached hydrogens (primary N) is 1. The number of methoxy groups -OCH3 is 1. The molecule has 0 atom stereocenters. The molecule has 0 bridgehead atoms. The van der Waals surface area contributed by atoms with E-state index < -0.39 is 17.7 Å². The molecule has 0 unspecified atom stereocenters. The van der Waals surface area contributed by atoms with E-state index in [0.29, 0.717) is 0 Å². The predicted octanol–water partition coefficient (Wildman–Crippen LogP) is 0.216. The van der Waals surface area contributed by atoms with Crippen LogP contribution in [0.4, 0.5) is 4.39 Å². The maximum absolute atomic E-state index is 13.3. The Morgan fingerprint density at radius 3 is 2.60 bits per heavy atom. The molecule has 0 spiro atoms. The van der Waals surface area contributed by atoms with E-state index in [1.807, 2.05) is 5.43 Å². The van der Waals surface area contributed by atoms with Gasteiger partial charge in [-0.3, -0.25) is 10.2 Å². The average Bonchev–Trinajstić information content (AvgIpc) is 2.26. The van der Waals surface area contributed by atoms with Crippen molar-refractivity contribution in [1.82, 2.24) is 5.43 Å². The number of carbonyl (C=O) groups excluding carboxylic acids is 2. The number of benzene rings is 1. The zero-order chi connectivity index (χ0) is 11.4. The Bertz CT molecular complexity index is 406. The summed E-state index contributed by atoms with van der Waals surface area (Å²) in [5.74, 6) is 2.60. The van der Waals surface area contributed by atoms with Crippen LogP contribution in [0, 0.1) is 5.82 Å². The largest absolute Gasteiger partial charge is 0.465 e. The number of hydrogen-bond donors (Lipinski definition) is 2. The molecule has 0 aromatic heterocycles. The molecule has 0 aliphatic rings. The molecular weight excluding hydrogens is 203 g/mol. The molecule has 5 nitrogen and oxygen atoms in total. The number of hydrogen-bond acceptors (Lipinski definition) is 4. The van der Waals surface area contributed by atoms with Crippen LogP contribution in [0.3, 0.4) is 0 Å². The summed E-state index contributed by atoms with van der Waals surface area (Å²) in [6.45, 7) is 0. The SMILES string of the molecule is COC(=O)c1ccc(C(=O)NN)cc1F. The summed E-state index contributed by atoms with van der Waals surface area (Å²) in [5, 5.41) is 0. The lowest BCUT2D eigenvalue weighted by Gasteiger charge is -2.03. The minimum absolute atomic E-state index is 0.0302. The molecule has 80 valence electrons. The highest BCUT2D eigenvalue weighted by Gasteiger charge is 2.14. The number of amides is 1. The van der Waals surface area contributed by atoms with Crippen molar-refractivity contribution in [2.24, 2.45) is 5.84 Å². The van der Waals surface area contributed by atoms with E-state index in [9.17, 15) is 14.0 Å². The van der Waals surface area contributed by atoms with Crippen LogP contribution in [0.2, 0.25) is 0 Å². The molecule has 3 N–H and O–H groups in total. The van der Waals surface area contributed by atoms with Crippen molar-refractivity contribution >= 4 is 11.9 Å². The maximum atomic E-state index is 13.3. The second kappa shape index (κ2) is 4.52. The lowest BCUT2D eigenvalue weighted by atomic mass is 10.1. The van der Waals surface area contributed by atoms with Crippen LogP contribution in [0.15, 0.2) is 18.2 Å². The first-order chi connectivity index (χ1) is 7.10. The third-order valence-corrected chi connectivity index (χ3v) is 1.77. The Morgan fingerprint density at radius 2 is 2.13 bits per heavy atom. The van der Waals surface area contributed by atoms with E-state index in [-0.39, 0.29) is 11.1 Å². The molecule has 15 heavy (non-hydrogen) atoms. The van der Waals surface area contributed by atoms with Crippen LogP contribution in [-0.4, -0.2) is 19.0 Å². The van der Waals surface area contributed by atoms with Gasteiger partial charge in [-0.2, -0.15) is 0 Å². The van der Waals surface area contributed by atoms with Crippen molar-refractivity contribution in [3.05, 3.63) is 35.1 Å². The van der Waals surface area contributed by atoms with Crippen LogP contribution in [-0.2, 0) is 4.74 Å². The number of carbonyl (C=O) groups is 2. The summed E-state index contributed by atoms with van der Waals surface area (Å²) in [6.07, 6.45) is 0. The van der Waals surface area contributed by atoms with Crippen LogP contribution < -0.4 is 11.3 Å². The summed E-state index contributed by atoms with van der Waals surface area (Å²) in [5.41, 5.74) is 1.65. The van der Waals surface area contributed by atoms with E-state index in [1.54, 1.807) is 0 Å². The number of hydrazine groups is 1. The molecule has 0 saturated carbocycles. The lowest BCUT2D eigenvalue weighted by molar-refractivity contribution is 0.0595. The van der Waals surface area contributed by atoms with E-state index in [1.165, 1.54) is 6.07 Å². The topological polar surface area (TPSA) is 81.4 Å². The minimum Gasteiger partial charge on any atom is -0.465 e. The van der Waals surface area contributed by atoms with Crippen molar-refractivity contribution in [3.63, 3.8) is 0 Å². The first kappa shape index (κ1) is 11.1. The molecule has 0 saturated heterocycles. The maximum Gasteiger partial charge on any atom is 0.340 e. The lowest BCUT2D eigenvalue weighted by Crippen LogP contribution is -2.30. The summed E-state index contributed by atoms with van der Waals surface area (Å²) in [6, 6.07) is 3.34. The fourth-order valence-corrected chi connectivity index (χ4v) is 1.02. The smallest absolute Gasteiger partial charge is 0.340 e. The van der Waals surface area contributed by atoms with Gasteiger partial charge in [0.1, 0.15) is 5.82 Å². The molecular formula is C9H9FN2O3. The van der Waals surface area contributed by atoms with Gasteiger partial charge in [0, 0.05) is 5.56 Å². The number of nitrogens with one attached hydrogen (secondary N) is 1.